The van der Waals surface area contributed by atoms with Crippen LogP contribution in [0, 0.1) is 6.92 Å². The fourth-order valence-corrected chi connectivity index (χ4v) is 2.10. The van der Waals surface area contributed by atoms with Gasteiger partial charge >= 0.3 is 0 Å². The Morgan fingerprint density at radius 1 is 1.36 bits per heavy atom. The van der Waals surface area contributed by atoms with Gasteiger partial charge in [-0.25, -0.2) is 0 Å². The number of nitrogens with one attached hydrogen (secondary N) is 1. The van der Waals surface area contributed by atoms with Gasteiger partial charge in [0, 0.05) is 12.1 Å². The third-order valence-electron chi connectivity index (χ3n) is 3.06. The van der Waals surface area contributed by atoms with Gasteiger partial charge in [0.2, 0.25) is 0 Å². The molecule has 1 aromatic carbocycles. The van der Waals surface area contributed by atoms with Crippen molar-refractivity contribution in [2.24, 2.45) is 0 Å². The molecule has 1 aromatic rings. The van der Waals surface area contributed by atoms with Crippen LogP contribution in [0.2, 0.25) is 0 Å². The van der Waals surface area contributed by atoms with E-state index < -0.39 is 0 Å². The summed E-state index contributed by atoms with van der Waals surface area (Å²) in [7, 11) is 0. The SMILES string of the molecule is Cc1ccc(C2(C)CC(O)CN2)cc1. The lowest BCUT2D eigenvalue weighted by Gasteiger charge is -2.24. The van der Waals surface area contributed by atoms with Gasteiger partial charge in [-0.05, 0) is 25.8 Å². The normalized spacial score (nSPS) is 32.1. The maximum atomic E-state index is 9.52. The highest BCUT2D eigenvalue weighted by Gasteiger charge is 2.34. The van der Waals surface area contributed by atoms with Gasteiger partial charge in [-0.3, -0.25) is 0 Å². The van der Waals surface area contributed by atoms with Crippen molar-refractivity contribution in [3.8, 4) is 0 Å². The molecule has 76 valence electrons. The lowest BCUT2D eigenvalue weighted by atomic mass is 9.89. The summed E-state index contributed by atoms with van der Waals surface area (Å²) in [6.07, 6.45) is 0.595. The fourth-order valence-electron chi connectivity index (χ4n) is 2.10. The third kappa shape index (κ3) is 1.68. The molecule has 1 aliphatic rings. The van der Waals surface area contributed by atoms with Crippen molar-refractivity contribution in [2.75, 3.05) is 6.54 Å². The molecule has 2 heteroatoms. The summed E-state index contributed by atoms with van der Waals surface area (Å²) in [6, 6.07) is 8.51. The zero-order valence-corrected chi connectivity index (χ0v) is 8.75. The largest absolute Gasteiger partial charge is 0.392 e. The first kappa shape index (κ1) is 9.69. The van der Waals surface area contributed by atoms with E-state index >= 15 is 0 Å². The number of aliphatic hydroxyl groups excluding tert-OH is 1. The van der Waals surface area contributed by atoms with Crippen LogP contribution in [0.1, 0.15) is 24.5 Å². The van der Waals surface area contributed by atoms with Crippen LogP contribution in [0.15, 0.2) is 24.3 Å². The molecule has 2 rings (SSSR count). The zero-order valence-electron chi connectivity index (χ0n) is 8.75. The molecular formula is C12H17NO. The Hall–Kier alpha value is -0.860. The molecule has 2 atom stereocenters. The summed E-state index contributed by atoms with van der Waals surface area (Å²) in [6.45, 7) is 4.93. The van der Waals surface area contributed by atoms with Gasteiger partial charge in [0.05, 0.1) is 6.10 Å². The average Bonchev–Trinajstić information content (AvgIpc) is 2.48. The summed E-state index contributed by atoms with van der Waals surface area (Å²) in [5.41, 5.74) is 2.49. The van der Waals surface area contributed by atoms with Crippen LogP contribution in [0.4, 0.5) is 0 Å². The van der Waals surface area contributed by atoms with E-state index in [0.717, 1.165) is 6.42 Å². The Morgan fingerprint density at radius 2 is 2.00 bits per heavy atom. The molecular weight excluding hydrogens is 174 g/mol. The third-order valence-corrected chi connectivity index (χ3v) is 3.06. The van der Waals surface area contributed by atoms with Crippen molar-refractivity contribution in [3.05, 3.63) is 35.4 Å². The van der Waals surface area contributed by atoms with E-state index in [2.05, 4.69) is 43.4 Å². The number of hydrogen-bond acceptors (Lipinski definition) is 2. The van der Waals surface area contributed by atoms with Crippen molar-refractivity contribution in [2.45, 2.75) is 31.9 Å². The Labute approximate surface area is 85.0 Å². The topological polar surface area (TPSA) is 32.3 Å². The monoisotopic (exact) mass is 191 g/mol. The highest BCUT2D eigenvalue weighted by atomic mass is 16.3. The number of β-amino-alcohol motifs (C(OH)–C–C–N with tert-alkyl or cyclic N) is 1. The lowest BCUT2D eigenvalue weighted by molar-refractivity contribution is 0.186. The quantitative estimate of drug-likeness (QED) is 0.706. The van der Waals surface area contributed by atoms with Crippen molar-refractivity contribution in [1.82, 2.24) is 5.32 Å². The van der Waals surface area contributed by atoms with E-state index in [4.69, 9.17) is 0 Å². The predicted octanol–water partition coefficient (Wildman–Crippen LogP) is 1.56. The fraction of sp³-hybridized carbons (Fsp3) is 0.500. The molecule has 0 aromatic heterocycles. The number of rotatable bonds is 1. The second-order valence-corrected chi connectivity index (χ2v) is 4.44. The Bertz CT molecular complexity index is 320. The lowest BCUT2D eigenvalue weighted by Crippen LogP contribution is -2.32. The van der Waals surface area contributed by atoms with Gasteiger partial charge in [-0.2, -0.15) is 0 Å². The van der Waals surface area contributed by atoms with Crippen LogP contribution in [0.5, 0.6) is 0 Å². The van der Waals surface area contributed by atoms with Crippen LogP contribution >= 0.6 is 0 Å². The van der Waals surface area contributed by atoms with Crippen LogP contribution in [0.25, 0.3) is 0 Å². The Morgan fingerprint density at radius 3 is 2.50 bits per heavy atom. The molecule has 0 saturated carbocycles. The molecule has 1 saturated heterocycles. The molecule has 0 spiro atoms. The summed E-state index contributed by atoms with van der Waals surface area (Å²) in [5, 5.41) is 12.9. The second kappa shape index (κ2) is 3.37. The molecule has 2 unspecified atom stereocenters. The van der Waals surface area contributed by atoms with Gasteiger partial charge in [0.1, 0.15) is 0 Å². The summed E-state index contributed by atoms with van der Waals surface area (Å²) in [4.78, 5) is 0. The first-order valence-corrected chi connectivity index (χ1v) is 5.10. The zero-order chi connectivity index (χ0) is 10.2. The van der Waals surface area contributed by atoms with E-state index in [-0.39, 0.29) is 11.6 Å². The van der Waals surface area contributed by atoms with E-state index in [1.807, 2.05) is 0 Å². The number of aliphatic hydroxyl groups is 1. The van der Waals surface area contributed by atoms with Crippen LogP contribution in [0.3, 0.4) is 0 Å². The summed E-state index contributed by atoms with van der Waals surface area (Å²) < 4.78 is 0. The van der Waals surface area contributed by atoms with Gasteiger partial charge in [-0.1, -0.05) is 29.8 Å². The molecule has 1 heterocycles. The molecule has 0 radical (unpaired) electrons. The van der Waals surface area contributed by atoms with E-state index in [1.165, 1.54) is 11.1 Å². The van der Waals surface area contributed by atoms with Crippen LogP contribution in [-0.4, -0.2) is 17.8 Å². The standard InChI is InChI=1S/C12H17NO/c1-9-3-5-10(6-4-9)12(2)7-11(14)8-13-12/h3-6,11,13-14H,7-8H2,1-2H3. The Kier molecular flexibility index (Phi) is 2.33. The van der Waals surface area contributed by atoms with Crippen molar-refractivity contribution in [3.63, 3.8) is 0 Å². The van der Waals surface area contributed by atoms with Gasteiger partial charge in [0.15, 0.2) is 0 Å². The average molecular weight is 191 g/mol. The minimum absolute atomic E-state index is 0.0485. The molecule has 1 fully saturated rings. The van der Waals surface area contributed by atoms with Gasteiger partial charge in [0.25, 0.3) is 0 Å². The number of benzene rings is 1. The summed E-state index contributed by atoms with van der Waals surface area (Å²) >= 11 is 0. The minimum atomic E-state index is -0.207. The molecule has 14 heavy (non-hydrogen) atoms. The Balaban J connectivity index is 2.26. The van der Waals surface area contributed by atoms with Crippen molar-refractivity contribution >= 4 is 0 Å². The first-order chi connectivity index (χ1) is 6.60. The van der Waals surface area contributed by atoms with Crippen molar-refractivity contribution < 1.29 is 5.11 Å². The molecule has 2 N–H and O–H groups in total. The highest BCUT2D eigenvalue weighted by Crippen LogP contribution is 2.30. The summed E-state index contributed by atoms with van der Waals surface area (Å²) in [5.74, 6) is 0. The molecule has 0 aliphatic carbocycles. The maximum absolute atomic E-state index is 9.52. The molecule has 2 nitrogen and oxygen atoms in total. The number of aryl methyl sites for hydroxylation is 1. The predicted molar refractivity (Wildman–Crippen MR) is 57.2 cm³/mol. The first-order valence-electron chi connectivity index (χ1n) is 5.10. The molecule has 0 amide bonds. The van der Waals surface area contributed by atoms with E-state index in [0.29, 0.717) is 6.54 Å². The van der Waals surface area contributed by atoms with Crippen LogP contribution in [-0.2, 0) is 5.54 Å². The smallest absolute Gasteiger partial charge is 0.0685 e. The minimum Gasteiger partial charge on any atom is -0.392 e. The van der Waals surface area contributed by atoms with Gasteiger partial charge < -0.3 is 10.4 Å². The maximum Gasteiger partial charge on any atom is 0.0685 e. The highest BCUT2D eigenvalue weighted by molar-refractivity contribution is 5.28. The number of hydrogen-bond donors (Lipinski definition) is 2. The van der Waals surface area contributed by atoms with Crippen molar-refractivity contribution in [1.29, 1.82) is 0 Å². The van der Waals surface area contributed by atoms with E-state index in [1.54, 1.807) is 0 Å². The van der Waals surface area contributed by atoms with Crippen LogP contribution < -0.4 is 5.32 Å². The second-order valence-electron chi connectivity index (χ2n) is 4.44. The van der Waals surface area contributed by atoms with Gasteiger partial charge in [-0.15, -0.1) is 0 Å². The molecule has 1 aliphatic heterocycles. The molecule has 0 bridgehead atoms. The van der Waals surface area contributed by atoms with E-state index in [9.17, 15) is 5.11 Å².